The minimum atomic E-state index is -2.36. The summed E-state index contributed by atoms with van der Waals surface area (Å²) < 4.78 is 21.3. The molecule has 0 aromatic rings. The van der Waals surface area contributed by atoms with E-state index in [9.17, 15) is 4.79 Å². The van der Waals surface area contributed by atoms with E-state index in [-0.39, 0.29) is 5.97 Å². The van der Waals surface area contributed by atoms with Gasteiger partial charge in [0.15, 0.2) is 0 Å². The molecule has 0 saturated heterocycles. The van der Waals surface area contributed by atoms with E-state index in [1.807, 2.05) is 6.92 Å². The highest BCUT2D eigenvalue weighted by atomic mass is 28.4. The van der Waals surface area contributed by atoms with Crippen LogP contribution in [0.5, 0.6) is 0 Å². The van der Waals surface area contributed by atoms with Gasteiger partial charge in [-0.1, -0.05) is 58.3 Å². The molecule has 0 fully saturated rings. The Morgan fingerprint density at radius 1 is 0.708 bits per heavy atom. The average molecular weight is 363 g/mol. The first-order valence-electron chi connectivity index (χ1n) is 9.45. The van der Waals surface area contributed by atoms with Crippen LogP contribution in [0.2, 0.25) is 6.04 Å². The van der Waals surface area contributed by atoms with E-state index in [0.717, 1.165) is 25.3 Å². The summed E-state index contributed by atoms with van der Waals surface area (Å²) in [7, 11) is 2.67. The Kier molecular flexibility index (Phi) is 15.8. The van der Waals surface area contributed by atoms with E-state index in [1.54, 1.807) is 21.3 Å². The van der Waals surface area contributed by atoms with Crippen molar-refractivity contribution in [2.45, 2.75) is 83.6 Å². The second-order valence-electron chi connectivity index (χ2n) is 6.15. The van der Waals surface area contributed by atoms with Gasteiger partial charge in [-0.2, -0.15) is 0 Å². The normalized spacial score (nSPS) is 11.7. The van der Waals surface area contributed by atoms with E-state index in [0.29, 0.717) is 13.0 Å². The lowest BCUT2D eigenvalue weighted by atomic mass is 10.1. The minimum Gasteiger partial charge on any atom is -0.466 e. The van der Waals surface area contributed by atoms with Gasteiger partial charge >= 0.3 is 14.8 Å². The van der Waals surface area contributed by atoms with Gasteiger partial charge < -0.3 is 18.0 Å². The fourth-order valence-electron chi connectivity index (χ4n) is 2.70. The zero-order valence-corrected chi connectivity index (χ0v) is 17.2. The molecular formula is C18H38O5Si. The number of ether oxygens (including phenoxy) is 1. The quantitative estimate of drug-likeness (QED) is 0.213. The molecule has 0 radical (unpaired) electrons. The maximum atomic E-state index is 11.0. The van der Waals surface area contributed by atoms with Crippen LogP contribution >= 0.6 is 0 Å². The van der Waals surface area contributed by atoms with Crippen molar-refractivity contribution in [1.29, 1.82) is 0 Å². The third-order valence-electron chi connectivity index (χ3n) is 4.36. The smallest absolute Gasteiger partial charge is 0.466 e. The van der Waals surface area contributed by atoms with Gasteiger partial charge in [-0.15, -0.1) is 0 Å². The van der Waals surface area contributed by atoms with Gasteiger partial charge in [0.1, 0.15) is 0 Å². The summed E-state index contributed by atoms with van der Waals surface area (Å²) in [6.45, 7) is 2.41. The third kappa shape index (κ3) is 12.0. The topological polar surface area (TPSA) is 54.0 Å². The van der Waals surface area contributed by atoms with Crippen LogP contribution in [0.25, 0.3) is 0 Å². The van der Waals surface area contributed by atoms with E-state index in [4.69, 9.17) is 18.0 Å². The highest BCUT2D eigenvalue weighted by molar-refractivity contribution is 6.60. The summed E-state index contributed by atoms with van der Waals surface area (Å²) >= 11 is 0. The Bertz CT molecular complexity index is 287. The first kappa shape index (κ1) is 23.6. The Hall–Kier alpha value is -0.433. The molecule has 6 heteroatoms. The van der Waals surface area contributed by atoms with Crippen LogP contribution in [0.3, 0.4) is 0 Å². The van der Waals surface area contributed by atoms with Crippen molar-refractivity contribution in [2.75, 3.05) is 27.9 Å². The van der Waals surface area contributed by atoms with Crippen LogP contribution in [-0.2, 0) is 22.8 Å². The molecule has 0 unspecified atom stereocenters. The van der Waals surface area contributed by atoms with Gasteiger partial charge in [-0.05, 0) is 12.8 Å². The second kappa shape index (κ2) is 16.1. The van der Waals surface area contributed by atoms with E-state index < -0.39 is 8.80 Å². The molecule has 5 nitrogen and oxygen atoms in total. The maximum absolute atomic E-state index is 11.0. The summed E-state index contributed by atoms with van der Waals surface area (Å²) in [6.07, 6.45) is 12.7. The molecule has 0 N–H and O–H groups in total. The van der Waals surface area contributed by atoms with Crippen LogP contribution in [0, 0.1) is 0 Å². The molecule has 0 aromatic carbocycles. The summed E-state index contributed by atoms with van der Waals surface area (Å²) in [6, 6.07) is 0.902. The molecule has 0 heterocycles. The zero-order valence-electron chi connectivity index (χ0n) is 16.2. The average Bonchev–Trinajstić information content (AvgIpc) is 2.62. The monoisotopic (exact) mass is 362 g/mol. The molecule has 0 aliphatic heterocycles. The number of hydrogen-bond donors (Lipinski definition) is 0. The van der Waals surface area contributed by atoms with Crippen LogP contribution in [0.4, 0.5) is 0 Å². The lowest BCUT2D eigenvalue weighted by Crippen LogP contribution is -2.42. The van der Waals surface area contributed by atoms with Gasteiger partial charge in [0.2, 0.25) is 0 Å². The molecule has 0 aliphatic rings. The number of carbonyl (C=O) groups excluding carboxylic acids is 1. The second-order valence-corrected chi connectivity index (χ2v) is 9.25. The SMILES string of the molecule is CCC(=O)OCCCCCCCCCCCC[Si](OC)(OC)OC. The molecule has 0 bridgehead atoms. The van der Waals surface area contributed by atoms with Gasteiger partial charge in [-0.3, -0.25) is 4.79 Å². The van der Waals surface area contributed by atoms with Crippen LogP contribution in [-0.4, -0.2) is 42.7 Å². The Labute approximate surface area is 149 Å². The van der Waals surface area contributed by atoms with Crippen LogP contribution in [0.15, 0.2) is 0 Å². The first-order valence-corrected chi connectivity index (χ1v) is 11.4. The van der Waals surface area contributed by atoms with Gasteiger partial charge in [0.25, 0.3) is 0 Å². The van der Waals surface area contributed by atoms with E-state index in [2.05, 4.69) is 0 Å². The molecule has 0 atom stereocenters. The molecular weight excluding hydrogens is 324 g/mol. The van der Waals surface area contributed by atoms with Crippen molar-refractivity contribution in [3.63, 3.8) is 0 Å². The number of esters is 1. The van der Waals surface area contributed by atoms with Crippen molar-refractivity contribution in [2.24, 2.45) is 0 Å². The van der Waals surface area contributed by atoms with Crippen molar-refractivity contribution < 1.29 is 22.8 Å². The highest BCUT2D eigenvalue weighted by Gasteiger charge is 2.36. The van der Waals surface area contributed by atoms with Gasteiger partial charge in [0.05, 0.1) is 6.61 Å². The van der Waals surface area contributed by atoms with Crippen LogP contribution in [0.1, 0.15) is 77.6 Å². The molecule has 0 saturated carbocycles. The summed E-state index contributed by atoms with van der Waals surface area (Å²) in [5.41, 5.74) is 0. The lowest BCUT2D eigenvalue weighted by Gasteiger charge is -2.24. The molecule has 0 spiro atoms. The lowest BCUT2D eigenvalue weighted by molar-refractivity contribution is -0.143. The Morgan fingerprint density at radius 3 is 1.54 bits per heavy atom. The van der Waals surface area contributed by atoms with Crippen molar-refractivity contribution in [3.05, 3.63) is 0 Å². The van der Waals surface area contributed by atoms with Crippen LogP contribution < -0.4 is 0 Å². The predicted molar refractivity (Wildman–Crippen MR) is 99.0 cm³/mol. The molecule has 0 rings (SSSR count). The van der Waals surface area contributed by atoms with Crippen molar-refractivity contribution in [3.8, 4) is 0 Å². The van der Waals surface area contributed by atoms with Gasteiger partial charge in [-0.25, -0.2) is 0 Å². The standard InChI is InChI=1S/C18H38O5Si/c1-5-18(19)23-16-14-12-10-8-6-7-9-11-13-15-17-24(20-2,21-3)22-4/h5-17H2,1-4H3. The number of rotatable bonds is 17. The summed E-state index contributed by atoms with van der Waals surface area (Å²) in [5, 5.41) is 0. The Balaban J connectivity index is 3.30. The third-order valence-corrected chi connectivity index (χ3v) is 7.19. The van der Waals surface area contributed by atoms with Crippen molar-refractivity contribution >= 4 is 14.8 Å². The summed E-state index contributed by atoms with van der Waals surface area (Å²) in [5.74, 6) is -0.0867. The highest BCUT2D eigenvalue weighted by Crippen LogP contribution is 2.18. The fraction of sp³-hybridized carbons (Fsp3) is 0.944. The largest absolute Gasteiger partial charge is 0.500 e. The summed E-state index contributed by atoms with van der Waals surface area (Å²) in [4.78, 5) is 11.0. The minimum absolute atomic E-state index is 0.0867. The van der Waals surface area contributed by atoms with Crippen molar-refractivity contribution in [1.82, 2.24) is 0 Å². The molecule has 24 heavy (non-hydrogen) atoms. The predicted octanol–water partition coefficient (Wildman–Crippen LogP) is 4.72. The van der Waals surface area contributed by atoms with E-state index >= 15 is 0 Å². The maximum Gasteiger partial charge on any atom is 0.500 e. The number of hydrogen-bond acceptors (Lipinski definition) is 5. The molecule has 0 amide bonds. The Morgan fingerprint density at radius 2 is 1.12 bits per heavy atom. The molecule has 144 valence electrons. The number of carbonyl (C=O) groups is 1. The fourth-order valence-corrected chi connectivity index (χ4v) is 4.50. The van der Waals surface area contributed by atoms with Gasteiger partial charge in [0, 0.05) is 33.8 Å². The first-order chi connectivity index (χ1) is 11.6. The molecule has 0 aromatic heterocycles. The number of unbranched alkanes of at least 4 members (excludes halogenated alkanes) is 9. The van der Waals surface area contributed by atoms with E-state index in [1.165, 1.54) is 44.9 Å². The zero-order chi connectivity index (χ0) is 18.1. The molecule has 0 aliphatic carbocycles.